The highest BCUT2D eigenvalue weighted by Gasteiger charge is 2.16. The van der Waals surface area contributed by atoms with Gasteiger partial charge in [0.15, 0.2) is 0 Å². The molecule has 0 fully saturated rings. The largest absolute Gasteiger partial charge is 0.281 e. The summed E-state index contributed by atoms with van der Waals surface area (Å²) >= 11 is 3.23. The maximum Gasteiger partial charge on any atom is 0.281 e. The van der Waals surface area contributed by atoms with Gasteiger partial charge in [-0.3, -0.25) is 4.79 Å². The minimum Gasteiger partial charge on any atom is -0.266 e. The average Bonchev–Trinajstić information content (AvgIpc) is 3.05. The number of fused-ring (bicyclic) bond motifs is 1. The Bertz CT molecular complexity index is 631. The highest BCUT2D eigenvalue weighted by atomic mass is 32.1. The summed E-state index contributed by atoms with van der Waals surface area (Å²) < 4.78 is 0. The molecular weight excluding hydrogens is 288 g/mol. The summed E-state index contributed by atoms with van der Waals surface area (Å²) in [5, 5.41) is 6.07. The van der Waals surface area contributed by atoms with Crippen molar-refractivity contribution in [1.82, 2.24) is 5.43 Å². The third-order valence-corrected chi connectivity index (χ3v) is 5.66. The second-order valence-electron chi connectivity index (χ2n) is 4.93. The van der Waals surface area contributed by atoms with Gasteiger partial charge in [-0.1, -0.05) is 0 Å². The van der Waals surface area contributed by atoms with E-state index in [0.29, 0.717) is 0 Å². The van der Waals surface area contributed by atoms with Gasteiger partial charge in [-0.2, -0.15) is 5.10 Å². The lowest BCUT2D eigenvalue weighted by molar-refractivity contribution is 0.0959. The summed E-state index contributed by atoms with van der Waals surface area (Å²) in [5.74, 6) is -0.102. The van der Waals surface area contributed by atoms with E-state index in [9.17, 15) is 4.79 Å². The van der Waals surface area contributed by atoms with Crippen LogP contribution in [0.15, 0.2) is 22.6 Å². The van der Waals surface area contributed by atoms with Crippen molar-refractivity contribution < 1.29 is 4.79 Å². The van der Waals surface area contributed by atoms with E-state index >= 15 is 0 Å². The van der Waals surface area contributed by atoms with E-state index in [1.165, 1.54) is 28.8 Å². The Morgan fingerprint density at radius 1 is 1.40 bits per heavy atom. The third kappa shape index (κ3) is 2.83. The first kappa shape index (κ1) is 13.5. The zero-order chi connectivity index (χ0) is 13.9. The molecule has 3 nitrogen and oxygen atoms in total. The lowest BCUT2D eigenvalue weighted by atomic mass is 9.99. The monoisotopic (exact) mass is 304 g/mol. The summed E-state index contributed by atoms with van der Waals surface area (Å²) in [4.78, 5) is 15.3. The van der Waals surface area contributed by atoms with Crippen LogP contribution in [0, 0.1) is 6.92 Å². The molecule has 3 rings (SSSR count). The zero-order valence-corrected chi connectivity index (χ0v) is 12.9. The molecule has 1 aliphatic carbocycles. The molecule has 0 saturated heterocycles. The van der Waals surface area contributed by atoms with E-state index in [1.54, 1.807) is 28.9 Å². The molecule has 0 saturated carbocycles. The summed E-state index contributed by atoms with van der Waals surface area (Å²) in [6.07, 6.45) is 6.41. The third-order valence-electron chi connectivity index (χ3n) is 3.47. The van der Waals surface area contributed by atoms with E-state index in [-0.39, 0.29) is 5.91 Å². The van der Waals surface area contributed by atoms with Gasteiger partial charge in [0.25, 0.3) is 5.91 Å². The Morgan fingerprint density at radius 2 is 2.25 bits per heavy atom. The van der Waals surface area contributed by atoms with E-state index in [0.717, 1.165) is 22.6 Å². The predicted molar refractivity (Wildman–Crippen MR) is 85.1 cm³/mol. The van der Waals surface area contributed by atoms with Crippen molar-refractivity contribution >= 4 is 34.8 Å². The standard InChI is InChI=1S/C15H16N2OS2/c1-10-6-7-19-14(10)9-16-17-15(18)13-8-11-4-2-3-5-12(11)20-13/h6-9H,2-5H2,1H3,(H,17,18). The molecule has 104 valence electrons. The van der Waals surface area contributed by atoms with Crippen LogP contribution >= 0.6 is 22.7 Å². The first-order valence-electron chi connectivity index (χ1n) is 6.73. The van der Waals surface area contributed by atoms with Gasteiger partial charge in [0.1, 0.15) is 0 Å². The molecule has 0 aromatic carbocycles. The SMILES string of the molecule is Cc1ccsc1C=NNC(=O)c1cc2c(s1)CCCC2. The Balaban J connectivity index is 1.66. The molecule has 0 radical (unpaired) electrons. The lowest BCUT2D eigenvalue weighted by Gasteiger charge is -2.08. The van der Waals surface area contributed by atoms with Gasteiger partial charge < -0.3 is 0 Å². The van der Waals surface area contributed by atoms with Crippen molar-refractivity contribution in [2.45, 2.75) is 32.6 Å². The molecule has 0 spiro atoms. The van der Waals surface area contributed by atoms with Crippen molar-refractivity contribution in [2.75, 3.05) is 0 Å². The minimum atomic E-state index is -0.102. The van der Waals surface area contributed by atoms with Crippen molar-refractivity contribution in [2.24, 2.45) is 5.10 Å². The quantitative estimate of drug-likeness (QED) is 0.681. The highest BCUT2D eigenvalue weighted by Crippen LogP contribution is 2.29. The second-order valence-corrected chi connectivity index (χ2v) is 7.02. The summed E-state index contributed by atoms with van der Waals surface area (Å²) in [6, 6.07) is 4.07. The topological polar surface area (TPSA) is 41.5 Å². The maximum atomic E-state index is 12.1. The number of hydrogen-bond acceptors (Lipinski definition) is 4. The van der Waals surface area contributed by atoms with Crippen LogP contribution in [0.3, 0.4) is 0 Å². The number of carbonyl (C=O) groups excluding carboxylic acids is 1. The fourth-order valence-corrected chi connectivity index (χ4v) is 4.25. The smallest absolute Gasteiger partial charge is 0.266 e. The number of hydrazone groups is 1. The normalized spacial score (nSPS) is 14.4. The van der Waals surface area contributed by atoms with Crippen LogP contribution in [0.1, 0.15) is 43.4 Å². The lowest BCUT2D eigenvalue weighted by Crippen LogP contribution is -2.16. The van der Waals surface area contributed by atoms with Gasteiger partial charge in [0, 0.05) is 9.75 Å². The van der Waals surface area contributed by atoms with E-state index < -0.39 is 0 Å². The number of nitrogens with zero attached hydrogens (tertiary/aromatic N) is 1. The van der Waals surface area contributed by atoms with Crippen LogP contribution in [-0.4, -0.2) is 12.1 Å². The minimum absolute atomic E-state index is 0.102. The van der Waals surface area contributed by atoms with Crippen LogP contribution in [0.2, 0.25) is 0 Å². The molecule has 0 atom stereocenters. The van der Waals surface area contributed by atoms with Gasteiger partial charge in [-0.05, 0) is 61.2 Å². The number of nitrogens with one attached hydrogen (secondary N) is 1. The molecular formula is C15H16N2OS2. The highest BCUT2D eigenvalue weighted by molar-refractivity contribution is 7.14. The maximum absolute atomic E-state index is 12.1. The molecule has 0 bridgehead atoms. The van der Waals surface area contributed by atoms with E-state index in [4.69, 9.17) is 0 Å². The molecule has 1 aliphatic rings. The summed E-state index contributed by atoms with van der Waals surface area (Å²) in [5.41, 5.74) is 5.15. The van der Waals surface area contributed by atoms with Crippen LogP contribution in [-0.2, 0) is 12.8 Å². The molecule has 5 heteroatoms. The zero-order valence-electron chi connectivity index (χ0n) is 11.3. The molecule has 20 heavy (non-hydrogen) atoms. The van der Waals surface area contributed by atoms with E-state index in [2.05, 4.69) is 10.5 Å². The van der Waals surface area contributed by atoms with Crippen LogP contribution < -0.4 is 5.43 Å². The number of carbonyl (C=O) groups is 1. The van der Waals surface area contributed by atoms with Crippen molar-refractivity contribution in [3.8, 4) is 0 Å². The van der Waals surface area contributed by atoms with Gasteiger partial charge in [0.05, 0.1) is 11.1 Å². The average molecular weight is 304 g/mol. The number of amides is 1. The molecule has 0 unspecified atom stereocenters. The second kappa shape index (κ2) is 5.89. The van der Waals surface area contributed by atoms with Crippen molar-refractivity contribution in [3.63, 3.8) is 0 Å². The van der Waals surface area contributed by atoms with Crippen LogP contribution in [0.5, 0.6) is 0 Å². The Morgan fingerprint density at radius 3 is 3.00 bits per heavy atom. The number of rotatable bonds is 3. The summed E-state index contributed by atoms with van der Waals surface area (Å²) in [7, 11) is 0. The van der Waals surface area contributed by atoms with E-state index in [1.807, 2.05) is 24.4 Å². The molecule has 2 heterocycles. The van der Waals surface area contributed by atoms with Crippen LogP contribution in [0.25, 0.3) is 0 Å². The van der Waals surface area contributed by atoms with Gasteiger partial charge in [0.2, 0.25) is 0 Å². The number of thiophene rings is 2. The molecule has 2 aromatic rings. The molecule has 2 aromatic heterocycles. The predicted octanol–water partition coefficient (Wildman–Crippen LogP) is 3.76. The fourth-order valence-electron chi connectivity index (χ4n) is 2.32. The summed E-state index contributed by atoms with van der Waals surface area (Å²) in [6.45, 7) is 2.03. The van der Waals surface area contributed by atoms with Gasteiger partial charge >= 0.3 is 0 Å². The molecule has 1 N–H and O–H groups in total. The first-order valence-corrected chi connectivity index (χ1v) is 8.43. The Labute approximate surface area is 126 Å². The fraction of sp³-hybridized carbons (Fsp3) is 0.333. The van der Waals surface area contributed by atoms with Crippen molar-refractivity contribution in [1.29, 1.82) is 0 Å². The molecule has 1 amide bonds. The Hall–Kier alpha value is -1.46. The molecule has 0 aliphatic heterocycles. The number of hydrogen-bond donors (Lipinski definition) is 1. The Kier molecular flexibility index (Phi) is 3.98. The van der Waals surface area contributed by atoms with Gasteiger partial charge in [-0.25, -0.2) is 5.43 Å². The number of aryl methyl sites for hydroxylation is 3. The van der Waals surface area contributed by atoms with Crippen LogP contribution in [0.4, 0.5) is 0 Å². The first-order chi connectivity index (χ1) is 9.74. The van der Waals surface area contributed by atoms with Crippen molar-refractivity contribution in [3.05, 3.63) is 43.3 Å². The van der Waals surface area contributed by atoms with Gasteiger partial charge in [-0.15, -0.1) is 22.7 Å².